The number of rotatable bonds is 4. The average Bonchev–Trinajstić information content (AvgIpc) is 2.95. The van der Waals surface area contributed by atoms with Crippen LogP contribution in [-0.4, -0.2) is 42.6 Å². The van der Waals surface area contributed by atoms with Crippen molar-refractivity contribution >= 4 is 23.5 Å². The van der Waals surface area contributed by atoms with Crippen molar-refractivity contribution < 1.29 is 14.6 Å². The van der Waals surface area contributed by atoms with E-state index < -0.39 is 0 Å². The van der Waals surface area contributed by atoms with Crippen LogP contribution in [0.25, 0.3) is 5.95 Å². The Hall–Kier alpha value is -3.07. The molecule has 0 saturated heterocycles. The van der Waals surface area contributed by atoms with Gasteiger partial charge in [0.05, 0.1) is 22.8 Å². The number of carbonyl (C=O) groups excluding carboxylic acids is 1. The quantitative estimate of drug-likeness (QED) is 0.636. The average molecular weight is 440 g/mol. The molecule has 0 saturated carbocycles. The molecular formula is C22H25N5O3S. The maximum Gasteiger partial charge on any atom is 0.252 e. The van der Waals surface area contributed by atoms with Crippen LogP contribution < -0.4 is 10.1 Å². The van der Waals surface area contributed by atoms with Gasteiger partial charge >= 0.3 is 0 Å². The number of aromatic hydroxyl groups is 1. The van der Waals surface area contributed by atoms with Gasteiger partial charge in [-0.1, -0.05) is 6.07 Å². The first-order valence-electron chi connectivity index (χ1n) is 10.1. The van der Waals surface area contributed by atoms with Crippen molar-refractivity contribution in [3.8, 4) is 17.4 Å². The van der Waals surface area contributed by atoms with Gasteiger partial charge in [-0.15, -0.1) is 11.8 Å². The molecule has 4 rings (SSSR count). The SMILES string of the molecule is CCOc1cc(C2SC(C)C(=O)Nc3c2c(C)nn3-c2nc(C)cc(C)n2)ccc1O. The number of carbonyl (C=O) groups is 1. The van der Waals surface area contributed by atoms with Gasteiger partial charge in [0, 0.05) is 17.0 Å². The Kier molecular flexibility index (Phi) is 5.62. The lowest BCUT2D eigenvalue weighted by molar-refractivity contribution is -0.115. The zero-order chi connectivity index (χ0) is 22.3. The van der Waals surface area contributed by atoms with E-state index >= 15 is 0 Å². The summed E-state index contributed by atoms with van der Waals surface area (Å²) in [5.41, 5.74) is 4.22. The van der Waals surface area contributed by atoms with Crippen LogP contribution >= 0.6 is 11.8 Å². The number of anilines is 1. The van der Waals surface area contributed by atoms with Crippen molar-refractivity contribution in [1.29, 1.82) is 0 Å². The molecule has 1 aliphatic heterocycles. The fourth-order valence-electron chi connectivity index (χ4n) is 3.68. The van der Waals surface area contributed by atoms with Crippen molar-refractivity contribution in [2.45, 2.75) is 45.1 Å². The summed E-state index contributed by atoms with van der Waals surface area (Å²) in [6, 6.07) is 7.19. The van der Waals surface area contributed by atoms with Crippen LogP contribution in [0.15, 0.2) is 24.3 Å². The number of aryl methyl sites for hydroxylation is 3. The highest BCUT2D eigenvalue weighted by Gasteiger charge is 2.35. The van der Waals surface area contributed by atoms with E-state index in [-0.39, 0.29) is 22.2 Å². The van der Waals surface area contributed by atoms with Gasteiger partial charge in [0.2, 0.25) is 5.91 Å². The standard InChI is InChI=1S/C22H25N5O3S/c1-6-30-17-10-15(7-8-16(17)28)19-18-13(4)26-27(20(18)25-21(29)14(5)31-19)22-23-11(2)9-12(3)24-22/h7-10,14,19,28H,6H2,1-5H3,(H,25,29). The Morgan fingerprint density at radius 3 is 2.58 bits per heavy atom. The molecule has 8 nitrogen and oxygen atoms in total. The number of hydrogen-bond acceptors (Lipinski definition) is 7. The first kappa shape index (κ1) is 21.2. The number of nitrogens with zero attached hydrogens (tertiary/aromatic N) is 4. The van der Waals surface area contributed by atoms with E-state index in [1.165, 1.54) is 11.8 Å². The molecule has 1 aliphatic rings. The van der Waals surface area contributed by atoms with E-state index in [1.54, 1.807) is 10.7 Å². The zero-order valence-electron chi connectivity index (χ0n) is 18.1. The Morgan fingerprint density at radius 2 is 1.90 bits per heavy atom. The second-order valence-corrected chi connectivity index (χ2v) is 8.97. The minimum absolute atomic E-state index is 0.0859. The molecule has 2 N–H and O–H groups in total. The minimum atomic E-state index is -0.297. The van der Waals surface area contributed by atoms with Gasteiger partial charge in [0.1, 0.15) is 5.82 Å². The van der Waals surface area contributed by atoms with E-state index in [0.717, 1.165) is 28.2 Å². The van der Waals surface area contributed by atoms with Crippen LogP contribution in [0.4, 0.5) is 5.82 Å². The third-order valence-corrected chi connectivity index (χ3v) is 6.47. The summed E-state index contributed by atoms with van der Waals surface area (Å²) in [5.74, 6) is 1.38. The van der Waals surface area contributed by atoms with Crippen LogP contribution in [0.1, 0.15) is 47.3 Å². The number of fused-ring (bicyclic) bond motifs is 1. The van der Waals surface area contributed by atoms with Crippen molar-refractivity contribution in [3.63, 3.8) is 0 Å². The molecule has 2 atom stereocenters. The van der Waals surface area contributed by atoms with Gasteiger partial charge in [-0.05, 0) is 58.4 Å². The van der Waals surface area contributed by atoms with Crippen LogP contribution in [0.2, 0.25) is 0 Å². The number of ether oxygens (including phenoxy) is 1. The fraction of sp³-hybridized carbons (Fsp3) is 0.364. The van der Waals surface area contributed by atoms with Crippen molar-refractivity contribution in [3.05, 3.63) is 52.5 Å². The predicted molar refractivity (Wildman–Crippen MR) is 120 cm³/mol. The minimum Gasteiger partial charge on any atom is -0.504 e. The molecular weight excluding hydrogens is 414 g/mol. The molecule has 1 aromatic carbocycles. The van der Waals surface area contributed by atoms with E-state index in [9.17, 15) is 9.90 Å². The van der Waals surface area contributed by atoms with E-state index in [0.29, 0.717) is 24.1 Å². The van der Waals surface area contributed by atoms with Gasteiger partial charge < -0.3 is 15.2 Å². The number of phenols is 1. The Bertz CT molecular complexity index is 1140. The van der Waals surface area contributed by atoms with Gasteiger partial charge in [0.15, 0.2) is 11.5 Å². The molecule has 0 aliphatic carbocycles. The number of thioether (sulfide) groups is 1. The van der Waals surface area contributed by atoms with Gasteiger partial charge in [-0.2, -0.15) is 9.78 Å². The monoisotopic (exact) mass is 439 g/mol. The maximum atomic E-state index is 12.8. The summed E-state index contributed by atoms with van der Waals surface area (Å²) in [7, 11) is 0. The molecule has 0 radical (unpaired) electrons. The lowest BCUT2D eigenvalue weighted by Crippen LogP contribution is -2.23. The van der Waals surface area contributed by atoms with Crippen LogP contribution in [-0.2, 0) is 4.79 Å². The first-order chi connectivity index (χ1) is 14.8. The van der Waals surface area contributed by atoms with Crippen LogP contribution in [0, 0.1) is 20.8 Å². The highest BCUT2D eigenvalue weighted by atomic mass is 32.2. The molecule has 2 unspecified atom stereocenters. The summed E-state index contributed by atoms with van der Waals surface area (Å²) in [4.78, 5) is 21.9. The normalized spacial score (nSPS) is 18.3. The second kappa shape index (κ2) is 8.22. The highest BCUT2D eigenvalue weighted by molar-refractivity contribution is 8.01. The summed E-state index contributed by atoms with van der Waals surface area (Å²) in [6.07, 6.45) is 0. The largest absolute Gasteiger partial charge is 0.504 e. The van der Waals surface area contributed by atoms with E-state index in [2.05, 4.69) is 20.4 Å². The molecule has 162 valence electrons. The molecule has 0 fully saturated rings. The van der Waals surface area contributed by atoms with Crippen molar-refractivity contribution in [2.75, 3.05) is 11.9 Å². The number of amides is 1. The molecule has 1 amide bonds. The Labute approximate surface area is 185 Å². The fourth-order valence-corrected chi connectivity index (χ4v) is 5.00. The van der Waals surface area contributed by atoms with Gasteiger partial charge in [-0.25, -0.2) is 9.97 Å². The van der Waals surface area contributed by atoms with Crippen LogP contribution in [0.3, 0.4) is 0 Å². The number of nitrogens with one attached hydrogen (secondary N) is 1. The molecule has 0 spiro atoms. The van der Waals surface area contributed by atoms with Crippen molar-refractivity contribution in [1.82, 2.24) is 19.7 Å². The van der Waals surface area contributed by atoms with Crippen molar-refractivity contribution in [2.24, 2.45) is 0 Å². The lowest BCUT2D eigenvalue weighted by atomic mass is 10.0. The number of hydrogen-bond donors (Lipinski definition) is 2. The first-order valence-corrected chi connectivity index (χ1v) is 11.1. The summed E-state index contributed by atoms with van der Waals surface area (Å²) >= 11 is 1.53. The molecule has 31 heavy (non-hydrogen) atoms. The number of phenolic OH excluding ortho intramolecular Hbond substituents is 1. The third-order valence-electron chi connectivity index (χ3n) is 5.07. The molecule has 0 bridgehead atoms. The molecule has 9 heteroatoms. The lowest BCUT2D eigenvalue weighted by Gasteiger charge is -2.18. The van der Waals surface area contributed by atoms with E-state index in [1.807, 2.05) is 52.8 Å². The Balaban J connectivity index is 1.90. The summed E-state index contributed by atoms with van der Waals surface area (Å²) in [5, 5.41) is 17.4. The zero-order valence-corrected chi connectivity index (χ0v) is 18.9. The van der Waals surface area contributed by atoms with Crippen LogP contribution in [0.5, 0.6) is 11.5 Å². The summed E-state index contributed by atoms with van der Waals surface area (Å²) < 4.78 is 7.19. The third kappa shape index (κ3) is 3.97. The Morgan fingerprint density at radius 1 is 1.19 bits per heavy atom. The van der Waals surface area contributed by atoms with Gasteiger partial charge in [0.25, 0.3) is 5.95 Å². The van der Waals surface area contributed by atoms with Gasteiger partial charge in [-0.3, -0.25) is 4.79 Å². The summed E-state index contributed by atoms with van der Waals surface area (Å²) in [6.45, 7) is 9.90. The highest BCUT2D eigenvalue weighted by Crippen LogP contribution is 2.47. The van der Waals surface area contributed by atoms with E-state index in [4.69, 9.17) is 4.74 Å². The molecule has 3 aromatic rings. The second-order valence-electron chi connectivity index (χ2n) is 7.52. The predicted octanol–water partition coefficient (Wildman–Crippen LogP) is 3.86. The smallest absolute Gasteiger partial charge is 0.252 e. The number of benzene rings is 1. The topological polar surface area (TPSA) is 102 Å². The molecule has 2 aromatic heterocycles. The maximum absolute atomic E-state index is 12.8. The number of aromatic nitrogens is 4. The molecule has 3 heterocycles.